The first-order valence-electron chi connectivity index (χ1n) is 4.82. The van der Waals surface area contributed by atoms with E-state index in [1.165, 1.54) is 37.6 Å². The molecule has 2 nitrogen and oxygen atoms in total. The number of nitrogens with one attached hydrogen (secondary N) is 1. The van der Waals surface area contributed by atoms with Gasteiger partial charge in [0.25, 0.3) is 0 Å². The van der Waals surface area contributed by atoms with Crippen LogP contribution in [0.1, 0.15) is 13.3 Å². The molecule has 1 unspecified atom stereocenters. The highest BCUT2D eigenvalue weighted by Gasteiger charge is 2.12. The second-order valence-electron chi connectivity index (χ2n) is 3.41. The van der Waals surface area contributed by atoms with Crippen LogP contribution in [0.15, 0.2) is 0 Å². The van der Waals surface area contributed by atoms with Crippen LogP contribution < -0.4 is 5.32 Å². The largest absolute Gasteiger partial charge is 0.312 e. The SMILES string of the molecule is CCN(C)CCC1CSCCN1. The summed E-state index contributed by atoms with van der Waals surface area (Å²) in [4.78, 5) is 2.38. The zero-order valence-corrected chi connectivity index (χ0v) is 8.99. The van der Waals surface area contributed by atoms with E-state index in [1.54, 1.807) is 0 Å². The first-order valence-corrected chi connectivity index (χ1v) is 5.98. The van der Waals surface area contributed by atoms with Crippen molar-refractivity contribution in [3.63, 3.8) is 0 Å². The lowest BCUT2D eigenvalue weighted by Crippen LogP contribution is -2.39. The normalized spacial score (nSPS) is 24.8. The van der Waals surface area contributed by atoms with E-state index >= 15 is 0 Å². The summed E-state index contributed by atoms with van der Waals surface area (Å²) in [5.41, 5.74) is 0. The summed E-state index contributed by atoms with van der Waals surface area (Å²) < 4.78 is 0. The Bertz CT molecular complexity index is 113. The van der Waals surface area contributed by atoms with Crippen molar-refractivity contribution in [1.29, 1.82) is 0 Å². The topological polar surface area (TPSA) is 15.3 Å². The van der Waals surface area contributed by atoms with Gasteiger partial charge in [-0.05, 0) is 26.6 Å². The molecule has 0 amide bonds. The molecule has 1 rings (SSSR count). The van der Waals surface area contributed by atoms with Crippen LogP contribution in [0.25, 0.3) is 0 Å². The van der Waals surface area contributed by atoms with Crippen LogP contribution in [0.3, 0.4) is 0 Å². The van der Waals surface area contributed by atoms with Gasteiger partial charge in [0.15, 0.2) is 0 Å². The van der Waals surface area contributed by atoms with Crippen LogP contribution in [-0.4, -0.2) is 49.1 Å². The number of hydrogen-bond acceptors (Lipinski definition) is 3. The van der Waals surface area contributed by atoms with E-state index in [0.717, 1.165) is 6.04 Å². The van der Waals surface area contributed by atoms with Crippen molar-refractivity contribution >= 4 is 11.8 Å². The van der Waals surface area contributed by atoms with Crippen molar-refractivity contribution in [2.24, 2.45) is 0 Å². The Hall–Kier alpha value is 0.270. The highest BCUT2D eigenvalue weighted by atomic mass is 32.2. The summed E-state index contributed by atoms with van der Waals surface area (Å²) in [7, 11) is 2.19. The van der Waals surface area contributed by atoms with Gasteiger partial charge in [0.05, 0.1) is 0 Å². The standard InChI is InChI=1S/C9H20N2S/c1-3-11(2)6-4-9-8-12-7-5-10-9/h9-10H,3-8H2,1-2H3. The zero-order valence-electron chi connectivity index (χ0n) is 8.18. The van der Waals surface area contributed by atoms with Gasteiger partial charge >= 0.3 is 0 Å². The van der Waals surface area contributed by atoms with Gasteiger partial charge in [-0.15, -0.1) is 0 Å². The third-order valence-corrected chi connectivity index (χ3v) is 3.53. The Kier molecular flexibility index (Phi) is 5.04. The van der Waals surface area contributed by atoms with E-state index in [0.29, 0.717) is 0 Å². The molecule has 1 atom stereocenters. The minimum absolute atomic E-state index is 0.762. The van der Waals surface area contributed by atoms with Crippen LogP contribution in [0.2, 0.25) is 0 Å². The number of hydrogen-bond donors (Lipinski definition) is 1. The van der Waals surface area contributed by atoms with Gasteiger partial charge in [0.1, 0.15) is 0 Å². The molecule has 0 radical (unpaired) electrons. The van der Waals surface area contributed by atoms with E-state index in [2.05, 4.69) is 35.9 Å². The Balaban J connectivity index is 2.05. The van der Waals surface area contributed by atoms with Crippen LogP contribution in [-0.2, 0) is 0 Å². The summed E-state index contributed by atoms with van der Waals surface area (Å²) >= 11 is 2.08. The van der Waals surface area contributed by atoms with Crippen molar-refractivity contribution in [2.75, 3.05) is 38.2 Å². The van der Waals surface area contributed by atoms with Gasteiger partial charge < -0.3 is 10.2 Å². The predicted molar refractivity (Wildman–Crippen MR) is 56.9 cm³/mol. The molecule has 0 aromatic carbocycles. The first-order chi connectivity index (χ1) is 5.83. The van der Waals surface area contributed by atoms with Gasteiger partial charge in [-0.25, -0.2) is 0 Å². The van der Waals surface area contributed by atoms with E-state index in [4.69, 9.17) is 0 Å². The quantitative estimate of drug-likeness (QED) is 0.709. The van der Waals surface area contributed by atoms with Crippen molar-refractivity contribution < 1.29 is 0 Å². The fraction of sp³-hybridized carbons (Fsp3) is 1.00. The monoisotopic (exact) mass is 188 g/mol. The van der Waals surface area contributed by atoms with Gasteiger partial charge in [0.2, 0.25) is 0 Å². The maximum Gasteiger partial charge on any atom is 0.0170 e. The molecule has 3 heteroatoms. The van der Waals surface area contributed by atoms with Crippen LogP contribution in [0.4, 0.5) is 0 Å². The summed E-state index contributed by atoms with van der Waals surface area (Å²) in [5, 5.41) is 3.55. The molecule has 0 spiro atoms. The number of rotatable bonds is 4. The Morgan fingerprint density at radius 1 is 1.58 bits per heavy atom. The van der Waals surface area contributed by atoms with E-state index in [-0.39, 0.29) is 0 Å². The molecular weight excluding hydrogens is 168 g/mol. The fourth-order valence-electron chi connectivity index (χ4n) is 1.34. The second-order valence-corrected chi connectivity index (χ2v) is 4.56. The highest BCUT2D eigenvalue weighted by molar-refractivity contribution is 7.99. The molecule has 0 bridgehead atoms. The summed E-state index contributed by atoms with van der Waals surface area (Å²) in [6.45, 7) is 5.81. The minimum Gasteiger partial charge on any atom is -0.312 e. The van der Waals surface area contributed by atoms with Crippen molar-refractivity contribution in [1.82, 2.24) is 10.2 Å². The average Bonchev–Trinajstić information content (AvgIpc) is 2.16. The molecule has 0 aromatic heterocycles. The van der Waals surface area contributed by atoms with Crippen LogP contribution in [0.5, 0.6) is 0 Å². The maximum absolute atomic E-state index is 3.55. The van der Waals surface area contributed by atoms with Crippen molar-refractivity contribution in [2.45, 2.75) is 19.4 Å². The van der Waals surface area contributed by atoms with Crippen LogP contribution in [0, 0.1) is 0 Å². The summed E-state index contributed by atoms with van der Waals surface area (Å²) in [6.07, 6.45) is 1.30. The molecule has 1 N–H and O–H groups in total. The Labute approximate surface area is 80.1 Å². The Morgan fingerprint density at radius 2 is 2.42 bits per heavy atom. The smallest absolute Gasteiger partial charge is 0.0170 e. The molecule has 12 heavy (non-hydrogen) atoms. The minimum atomic E-state index is 0.762. The van der Waals surface area contributed by atoms with E-state index < -0.39 is 0 Å². The molecule has 1 fully saturated rings. The lowest BCUT2D eigenvalue weighted by molar-refractivity contribution is 0.326. The third kappa shape index (κ3) is 3.78. The molecule has 0 aromatic rings. The molecular formula is C9H20N2S. The maximum atomic E-state index is 3.55. The van der Waals surface area contributed by atoms with Gasteiger partial charge in [-0.1, -0.05) is 6.92 Å². The van der Waals surface area contributed by atoms with Gasteiger partial charge in [0, 0.05) is 24.1 Å². The van der Waals surface area contributed by atoms with E-state index in [1.807, 2.05) is 0 Å². The molecule has 1 aliphatic heterocycles. The fourth-order valence-corrected chi connectivity index (χ4v) is 2.34. The Morgan fingerprint density at radius 3 is 3.00 bits per heavy atom. The van der Waals surface area contributed by atoms with Crippen molar-refractivity contribution in [3.8, 4) is 0 Å². The molecule has 0 aliphatic carbocycles. The zero-order chi connectivity index (χ0) is 8.81. The predicted octanol–water partition coefficient (Wildman–Crippen LogP) is 1.03. The molecule has 0 saturated carbocycles. The summed E-state index contributed by atoms with van der Waals surface area (Å²) in [6, 6.07) is 0.762. The van der Waals surface area contributed by atoms with E-state index in [9.17, 15) is 0 Å². The molecule has 72 valence electrons. The highest BCUT2D eigenvalue weighted by Crippen LogP contribution is 2.10. The first kappa shape index (κ1) is 10.4. The number of thioether (sulfide) groups is 1. The molecule has 1 heterocycles. The van der Waals surface area contributed by atoms with Crippen molar-refractivity contribution in [3.05, 3.63) is 0 Å². The number of nitrogens with zero attached hydrogens (tertiary/aromatic N) is 1. The second kappa shape index (κ2) is 5.84. The summed E-state index contributed by atoms with van der Waals surface area (Å²) in [5.74, 6) is 2.59. The molecule has 1 saturated heterocycles. The molecule has 1 aliphatic rings. The average molecular weight is 188 g/mol. The van der Waals surface area contributed by atoms with Gasteiger partial charge in [-0.3, -0.25) is 0 Å². The lowest BCUT2D eigenvalue weighted by Gasteiger charge is -2.25. The lowest BCUT2D eigenvalue weighted by atomic mass is 10.2. The van der Waals surface area contributed by atoms with Crippen LogP contribution >= 0.6 is 11.8 Å². The third-order valence-electron chi connectivity index (χ3n) is 2.40. The van der Waals surface area contributed by atoms with Gasteiger partial charge in [-0.2, -0.15) is 11.8 Å².